The Hall–Kier alpha value is -3.00. The Bertz CT molecular complexity index is 1060. The zero-order valence-electron chi connectivity index (χ0n) is 16.5. The molecule has 0 aromatic carbocycles. The van der Waals surface area contributed by atoms with Gasteiger partial charge in [0.2, 0.25) is 5.95 Å². The van der Waals surface area contributed by atoms with Gasteiger partial charge in [0, 0.05) is 49.7 Å². The third-order valence-corrected chi connectivity index (χ3v) is 5.57. The summed E-state index contributed by atoms with van der Waals surface area (Å²) in [6, 6.07) is 4.02. The van der Waals surface area contributed by atoms with Crippen LogP contribution in [0.15, 0.2) is 30.7 Å². The maximum Gasteiger partial charge on any atom is 0.271 e. The first-order valence-corrected chi connectivity index (χ1v) is 10.1. The van der Waals surface area contributed by atoms with Crippen molar-refractivity contribution in [2.24, 2.45) is 0 Å². The number of fused-ring (bicyclic) bond motifs is 2. The average Bonchev–Trinajstić information content (AvgIpc) is 3.17. The number of carbonyl (C=O) groups is 1. The number of anilines is 1. The third kappa shape index (κ3) is 3.67. The van der Waals surface area contributed by atoms with Crippen LogP contribution < -0.4 is 10.2 Å². The van der Waals surface area contributed by atoms with E-state index in [-0.39, 0.29) is 11.9 Å². The first-order chi connectivity index (χ1) is 14.2. The SMILES string of the molecule is Cc1ccn2cc(C(=O)N[C@H]3CCCN(c4ncc5c(n4)CCOC5)C3)nc2c1. The van der Waals surface area contributed by atoms with E-state index in [2.05, 4.69) is 20.2 Å². The zero-order chi connectivity index (χ0) is 19.8. The van der Waals surface area contributed by atoms with Gasteiger partial charge in [0.15, 0.2) is 0 Å². The number of aromatic nitrogens is 4. The first-order valence-electron chi connectivity index (χ1n) is 10.1. The van der Waals surface area contributed by atoms with Crippen molar-refractivity contribution in [2.75, 3.05) is 24.6 Å². The van der Waals surface area contributed by atoms with E-state index in [4.69, 9.17) is 9.72 Å². The third-order valence-electron chi connectivity index (χ3n) is 5.57. The Kier molecular flexibility index (Phi) is 4.63. The first kappa shape index (κ1) is 18.1. The van der Waals surface area contributed by atoms with Gasteiger partial charge >= 0.3 is 0 Å². The minimum atomic E-state index is -0.137. The van der Waals surface area contributed by atoms with Crippen molar-refractivity contribution >= 4 is 17.5 Å². The number of aryl methyl sites for hydroxylation is 1. The van der Waals surface area contributed by atoms with E-state index in [1.165, 1.54) is 0 Å². The molecule has 3 aromatic rings. The number of pyridine rings is 1. The molecule has 8 heteroatoms. The van der Waals surface area contributed by atoms with Gasteiger partial charge in [-0.1, -0.05) is 0 Å². The topological polar surface area (TPSA) is 84.7 Å². The fourth-order valence-corrected chi connectivity index (χ4v) is 4.00. The molecule has 1 fully saturated rings. The van der Waals surface area contributed by atoms with Gasteiger partial charge in [-0.3, -0.25) is 4.79 Å². The quantitative estimate of drug-likeness (QED) is 0.733. The van der Waals surface area contributed by atoms with Gasteiger partial charge in [-0.15, -0.1) is 0 Å². The molecule has 0 spiro atoms. The van der Waals surface area contributed by atoms with Crippen LogP contribution in [0.1, 0.15) is 40.2 Å². The zero-order valence-corrected chi connectivity index (χ0v) is 16.5. The van der Waals surface area contributed by atoms with Gasteiger partial charge in [0.1, 0.15) is 11.3 Å². The summed E-state index contributed by atoms with van der Waals surface area (Å²) in [7, 11) is 0. The summed E-state index contributed by atoms with van der Waals surface area (Å²) in [6.45, 7) is 4.91. The number of piperidine rings is 1. The van der Waals surface area contributed by atoms with Gasteiger partial charge in [-0.2, -0.15) is 0 Å². The number of rotatable bonds is 3. The summed E-state index contributed by atoms with van der Waals surface area (Å²) in [5.74, 6) is 0.606. The second-order valence-electron chi connectivity index (χ2n) is 7.80. The predicted molar refractivity (Wildman–Crippen MR) is 108 cm³/mol. The van der Waals surface area contributed by atoms with Gasteiger partial charge in [-0.05, 0) is 37.5 Å². The molecule has 0 saturated carbocycles. The number of ether oxygens (including phenoxy) is 1. The van der Waals surface area contributed by atoms with E-state index in [0.29, 0.717) is 25.5 Å². The van der Waals surface area contributed by atoms with Gasteiger partial charge < -0.3 is 19.4 Å². The fraction of sp³-hybridized carbons (Fsp3) is 0.429. The second-order valence-corrected chi connectivity index (χ2v) is 7.80. The Morgan fingerprint density at radius 2 is 2.28 bits per heavy atom. The van der Waals surface area contributed by atoms with Gasteiger partial charge in [-0.25, -0.2) is 15.0 Å². The van der Waals surface area contributed by atoms with E-state index in [0.717, 1.165) is 54.2 Å². The normalized spacial score (nSPS) is 19.2. The lowest BCUT2D eigenvalue weighted by atomic mass is 10.1. The highest BCUT2D eigenvalue weighted by Crippen LogP contribution is 2.20. The lowest BCUT2D eigenvalue weighted by Crippen LogP contribution is -2.48. The van der Waals surface area contributed by atoms with Gasteiger partial charge in [0.05, 0.1) is 18.9 Å². The van der Waals surface area contributed by atoms with Crippen LogP contribution in [0.3, 0.4) is 0 Å². The van der Waals surface area contributed by atoms with E-state index in [1.807, 2.05) is 35.9 Å². The molecule has 150 valence electrons. The van der Waals surface area contributed by atoms with E-state index in [9.17, 15) is 4.79 Å². The average molecular weight is 392 g/mol. The van der Waals surface area contributed by atoms with Crippen molar-refractivity contribution in [1.29, 1.82) is 0 Å². The summed E-state index contributed by atoms with van der Waals surface area (Å²) >= 11 is 0. The molecule has 2 aliphatic rings. The van der Waals surface area contributed by atoms with Crippen molar-refractivity contribution in [2.45, 2.75) is 38.8 Å². The summed E-state index contributed by atoms with van der Waals surface area (Å²) < 4.78 is 7.34. The van der Waals surface area contributed by atoms with E-state index >= 15 is 0 Å². The molecular weight excluding hydrogens is 368 g/mol. The van der Waals surface area contributed by atoms with E-state index in [1.54, 1.807) is 6.20 Å². The van der Waals surface area contributed by atoms with Crippen LogP contribution in [0.2, 0.25) is 0 Å². The number of nitrogens with zero attached hydrogens (tertiary/aromatic N) is 5. The summed E-state index contributed by atoms with van der Waals surface area (Å²) in [5, 5.41) is 3.14. The van der Waals surface area contributed by atoms with Crippen molar-refractivity contribution in [1.82, 2.24) is 24.7 Å². The highest BCUT2D eigenvalue weighted by molar-refractivity contribution is 5.93. The van der Waals surface area contributed by atoms with Crippen molar-refractivity contribution in [3.63, 3.8) is 0 Å². The Morgan fingerprint density at radius 1 is 1.34 bits per heavy atom. The molecule has 1 amide bonds. The lowest BCUT2D eigenvalue weighted by molar-refractivity contribution is 0.0928. The van der Waals surface area contributed by atoms with Crippen LogP contribution in [0, 0.1) is 6.92 Å². The fourth-order valence-electron chi connectivity index (χ4n) is 4.00. The second kappa shape index (κ2) is 7.44. The number of imidazole rings is 1. The summed E-state index contributed by atoms with van der Waals surface area (Å²) in [5.41, 5.74) is 4.50. The minimum absolute atomic E-state index is 0.0470. The highest BCUT2D eigenvalue weighted by Gasteiger charge is 2.25. The summed E-state index contributed by atoms with van der Waals surface area (Å²) in [6.07, 6.45) is 8.32. The van der Waals surface area contributed by atoms with Crippen LogP contribution in [-0.4, -0.2) is 51.0 Å². The van der Waals surface area contributed by atoms with Crippen LogP contribution in [-0.2, 0) is 17.8 Å². The number of hydrogen-bond donors (Lipinski definition) is 1. The molecule has 3 aromatic heterocycles. The number of carbonyl (C=O) groups excluding carboxylic acids is 1. The summed E-state index contributed by atoms with van der Waals surface area (Å²) in [4.78, 5) is 28.7. The molecule has 0 bridgehead atoms. The molecule has 0 aliphatic carbocycles. The van der Waals surface area contributed by atoms with Crippen LogP contribution >= 0.6 is 0 Å². The molecule has 5 heterocycles. The predicted octanol–water partition coefficient (Wildman–Crippen LogP) is 1.90. The Morgan fingerprint density at radius 3 is 3.21 bits per heavy atom. The van der Waals surface area contributed by atoms with Crippen LogP contribution in [0.4, 0.5) is 5.95 Å². The van der Waals surface area contributed by atoms with Gasteiger partial charge in [0.25, 0.3) is 5.91 Å². The number of hydrogen-bond acceptors (Lipinski definition) is 6. The minimum Gasteiger partial charge on any atom is -0.376 e. The molecular formula is C21H24N6O2. The van der Waals surface area contributed by atoms with Crippen molar-refractivity contribution in [3.05, 3.63) is 53.2 Å². The van der Waals surface area contributed by atoms with Crippen molar-refractivity contribution < 1.29 is 9.53 Å². The highest BCUT2D eigenvalue weighted by atomic mass is 16.5. The maximum absolute atomic E-state index is 12.8. The molecule has 1 N–H and O–H groups in total. The molecule has 0 radical (unpaired) electrons. The maximum atomic E-state index is 12.8. The van der Waals surface area contributed by atoms with Crippen LogP contribution in [0.5, 0.6) is 0 Å². The Labute approximate surface area is 168 Å². The largest absolute Gasteiger partial charge is 0.376 e. The van der Waals surface area contributed by atoms with Crippen molar-refractivity contribution in [3.8, 4) is 0 Å². The molecule has 1 atom stereocenters. The lowest BCUT2D eigenvalue weighted by Gasteiger charge is -2.33. The standard InChI is InChI=1S/C21H24N6O2/c1-14-4-7-26-12-18(24-19(26)9-14)20(28)23-16-3-2-6-27(11-16)21-22-10-15-13-29-8-5-17(15)25-21/h4,7,9-10,12,16H,2-3,5-6,8,11,13H2,1H3,(H,23,28)/t16-/m0/s1. The molecule has 29 heavy (non-hydrogen) atoms. The molecule has 8 nitrogen and oxygen atoms in total. The monoisotopic (exact) mass is 392 g/mol. The van der Waals surface area contributed by atoms with E-state index < -0.39 is 0 Å². The molecule has 5 rings (SSSR count). The number of nitrogens with one attached hydrogen (secondary N) is 1. The smallest absolute Gasteiger partial charge is 0.271 e. The number of amides is 1. The Balaban J connectivity index is 1.28. The van der Waals surface area contributed by atoms with Crippen LogP contribution in [0.25, 0.3) is 5.65 Å². The molecule has 0 unspecified atom stereocenters. The molecule has 1 saturated heterocycles. The molecule has 2 aliphatic heterocycles.